The molecule has 0 aliphatic rings. The van der Waals surface area contributed by atoms with Crippen molar-refractivity contribution in [1.82, 2.24) is 4.90 Å². The number of rotatable bonds is 12. The summed E-state index contributed by atoms with van der Waals surface area (Å²) in [4.78, 5) is 25.0. The molecule has 0 radical (unpaired) electrons. The number of carbonyl (C=O) groups excluding carboxylic acids is 2. The Morgan fingerprint density at radius 2 is 1.14 bits per heavy atom. The van der Waals surface area contributed by atoms with Crippen molar-refractivity contribution >= 4 is 12.2 Å². The maximum atomic E-state index is 11.9. The second kappa shape index (κ2) is 14.7. The minimum absolute atomic E-state index is 0.335. The van der Waals surface area contributed by atoms with Gasteiger partial charge in [0.2, 0.25) is 0 Å². The van der Waals surface area contributed by atoms with E-state index in [4.69, 9.17) is 9.47 Å². The minimum Gasteiger partial charge on any atom is -0.449 e. The number of hydrogen-bond acceptors (Lipinski definition) is 4. The second-order valence-corrected chi connectivity index (χ2v) is 5.50. The first kappa shape index (κ1) is 20.7. The van der Waals surface area contributed by atoms with Gasteiger partial charge in [0.05, 0.1) is 13.2 Å². The summed E-state index contributed by atoms with van der Waals surface area (Å²) in [6.45, 7) is 7.24. The zero-order chi connectivity index (χ0) is 16.6. The molecule has 0 unspecified atom stereocenters. The van der Waals surface area contributed by atoms with Gasteiger partial charge in [-0.3, -0.25) is 0 Å². The molecule has 0 N–H and O–H groups in total. The van der Waals surface area contributed by atoms with Gasteiger partial charge in [0.15, 0.2) is 0 Å². The molecule has 2 amide bonds. The Hall–Kier alpha value is -1.26. The summed E-state index contributed by atoms with van der Waals surface area (Å²) in [5.74, 6) is 0. The van der Waals surface area contributed by atoms with E-state index in [-0.39, 0.29) is 0 Å². The minimum atomic E-state index is -0.586. The molecule has 0 aliphatic heterocycles. The maximum Gasteiger partial charge on any atom is 0.419 e. The molecule has 0 atom stereocenters. The van der Waals surface area contributed by atoms with Crippen LogP contribution in [0.4, 0.5) is 9.59 Å². The van der Waals surface area contributed by atoms with Crippen LogP contribution in [0.5, 0.6) is 0 Å². The fraction of sp³-hybridized carbons (Fsp3) is 0.882. The first-order chi connectivity index (χ1) is 10.7. The van der Waals surface area contributed by atoms with Crippen LogP contribution in [0.15, 0.2) is 0 Å². The predicted octanol–water partition coefficient (Wildman–Crippen LogP) is 5.13. The highest BCUT2D eigenvalue weighted by Gasteiger charge is 2.23. The van der Waals surface area contributed by atoms with Crippen LogP contribution < -0.4 is 0 Å². The molecule has 5 heteroatoms. The molecule has 22 heavy (non-hydrogen) atoms. The van der Waals surface area contributed by atoms with Gasteiger partial charge in [-0.25, -0.2) is 14.5 Å². The van der Waals surface area contributed by atoms with E-state index >= 15 is 0 Å². The highest BCUT2D eigenvalue weighted by Crippen LogP contribution is 2.05. The molecule has 0 aromatic rings. The average molecular weight is 315 g/mol. The van der Waals surface area contributed by atoms with Crippen molar-refractivity contribution in [3.63, 3.8) is 0 Å². The van der Waals surface area contributed by atoms with E-state index < -0.39 is 12.2 Å². The van der Waals surface area contributed by atoms with Gasteiger partial charge >= 0.3 is 12.2 Å². The lowest BCUT2D eigenvalue weighted by atomic mass is 10.2. The zero-order valence-corrected chi connectivity index (χ0v) is 14.6. The van der Waals surface area contributed by atoms with Gasteiger partial charge in [-0.15, -0.1) is 0 Å². The van der Waals surface area contributed by atoms with Gasteiger partial charge in [-0.05, 0) is 19.3 Å². The molecule has 0 saturated heterocycles. The van der Waals surface area contributed by atoms with Gasteiger partial charge in [0, 0.05) is 6.54 Å². The van der Waals surface area contributed by atoms with Crippen molar-refractivity contribution in [2.45, 2.75) is 78.6 Å². The van der Waals surface area contributed by atoms with E-state index in [0.717, 1.165) is 56.3 Å². The molecule has 0 saturated carbocycles. The molecule has 0 aliphatic carbocycles. The Kier molecular flexibility index (Phi) is 13.8. The fourth-order valence-electron chi connectivity index (χ4n) is 2.01. The van der Waals surface area contributed by atoms with E-state index in [2.05, 4.69) is 13.8 Å². The van der Waals surface area contributed by atoms with Crippen LogP contribution >= 0.6 is 0 Å². The summed E-state index contributed by atoms with van der Waals surface area (Å²) in [7, 11) is 0. The molecule has 0 aromatic heterocycles. The average Bonchev–Trinajstić information content (AvgIpc) is 2.51. The Morgan fingerprint density at radius 3 is 1.50 bits per heavy atom. The first-order valence-electron chi connectivity index (χ1n) is 8.78. The molecular weight excluding hydrogens is 282 g/mol. The van der Waals surface area contributed by atoms with Crippen LogP contribution in [0.2, 0.25) is 0 Å². The number of unbranched alkanes of at least 4 members (excludes halogenated alkanes) is 6. The largest absolute Gasteiger partial charge is 0.449 e. The van der Waals surface area contributed by atoms with E-state index in [0.29, 0.717) is 26.2 Å². The summed E-state index contributed by atoms with van der Waals surface area (Å²) in [6, 6.07) is 0. The Labute approximate surface area is 135 Å². The van der Waals surface area contributed by atoms with Crippen LogP contribution in [0.3, 0.4) is 0 Å². The lowest BCUT2D eigenvalue weighted by molar-refractivity contribution is 0.0748. The van der Waals surface area contributed by atoms with Gasteiger partial charge in [0.1, 0.15) is 0 Å². The number of carbonyl (C=O) groups is 2. The summed E-state index contributed by atoms with van der Waals surface area (Å²) in [5, 5.41) is 0. The van der Waals surface area contributed by atoms with Gasteiger partial charge < -0.3 is 9.47 Å². The smallest absolute Gasteiger partial charge is 0.419 e. The van der Waals surface area contributed by atoms with E-state index in [9.17, 15) is 9.59 Å². The number of ether oxygens (including phenoxy) is 2. The molecule has 0 bridgehead atoms. The molecule has 5 nitrogen and oxygen atoms in total. The third-order valence-electron chi connectivity index (χ3n) is 3.33. The van der Waals surface area contributed by atoms with Crippen molar-refractivity contribution in [2.24, 2.45) is 0 Å². The molecule has 130 valence electrons. The topological polar surface area (TPSA) is 55.8 Å². The van der Waals surface area contributed by atoms with Crippen LogP contribution in [-0.4, -0.2) is 36.8 Å². The molecule has 0 aromatic carbocycles. The van der Waals surface area contributed by atoms with Crippen molar-refractivity contribution in [3.8, 4) is 0 Å². The van der Waals surface area contributed by atoms with E-state index in [1.807, 2.05) is 6.92 Å². The molecule has 0 spiro atoms. The van der Waals surface area contributed by atoms with Crippen LogP contribution in [0.1, 0.15) is 78.6 Å². The van der Waals surface area contributed by atoms with Crippen LogP contribution in [0, 0.1) is 0 Å². The standard InChI is InChI=1S/C17H33NO4/c1-4-7-9-11-14-21-16(19)18(13-6-3)17(20)22-15-12-10-8-5-2/h4-15H2,1-3H3. The van der Waals surface area contributed by atoms with Crippen molar-refractivity contribution in [2.75, 3.05) is 19.8 Å². The summed E-state index contributed by atoms with van der Waals surface area (Å²) in [6.07, 6.45) is 7.83. The second-order valence-electron chi connectivity index (χ2n) is 5.50. The number of amides is 2. The monoisotopic (exact) mass is 315 g/mol. The highest BCUT2D eigenvalue weighted by molar-refractivity contribution is 5.87. The molecular formula is C17H33NO4. The van der Waals surface area contributed by atoms with E-state index in [1.54, 1.807) is 0 Å². The van der Waals surface area contributed by atoms with Gasteiger partial charge in [-0.2, -0.15) is 0 Å². The van der Waals surface area contributed by atoms with Crippen molar-refractivity contribution in [3.05, 3.63) is 0 Å². The fourth-order valence-corrected chi connectivity index (χ4v) is 2.01. The lowest BCUT2D eigenvalue weighted by Crippen LogP contribution is -2.38. The third-order valence-corrected chi connectivity index (χ3v) is 3.33. The number of nitrogens with zero attached hydrogens (tertiary/aromatic N) is 1. The summed E-state index contributed by atoms with van der Waals surface area (Å²) in [5.41, 5.74) is 0. The molecule has 0 fully saturated rings. The SMILES string of the molecule is CCCCCCOC(=O)N(CCC)C(=O)OCCCCCC. The summed E-state index contributed by atoms with van der Waals surface area (Å²) < 4.78 is 10.3. The predicted molar refractivity (Wildman–Crippen MR) is 88.0 cm³/mol. The first-order valence-corrected chi connectivity index (χ1v) is 8.78. The maximum absolute atomic E-state index is 11.9. The van der Waals surface area contributed by atoms with Gasteiger partial charge in [-0.1, -0.05) is 59.3 Å². The zero-order valence-electron chi connectivity index (χ0n) is 14.6. The normalized spacial score (nSPS) is 10.3. The number of hydrogen-bond donors (Lipinski definition) is 0. The lowest BCUT2D eigenvalue weighted by Gasteiger charge is -2.19. The Bertz CT molecular complexity index is 268. The van der Waals surface area contributed by atoms with Crippen LogP contribution in [0.25, 0.3) is 0 Å². The van der Waals surface area contributed by atoms with Crippen LogP contribution in [-0.2, 0) is 9.47 Å². The van der Waals surface area contributed by atoms with Gasteiger partial charge in [0.25, 0.3) is 0 Å². The highest BCUT2D eigenvalue weighted by atomic mass is 16.6. The molecule has 0 rings (SSSR count). The van der Waals surface area contributed by atoms with E-state index in [1.165, 1.54) is 0 Å². The molecule has 0 heterocycles. The summed E-state index contributed by atoms with van der Waals surface area (Å²) >= 11 is 0. The Morgan fingerprint density at radius 1 is 0.682 bits per heavy atom. The number of imide groups is 1. The van der Waals surface area contributed by atoms with Crippen molar-refractivity contribution < 1.29 is 19.1 Å². The van der Waals surface area contributed by atoms with Crippen molar-refractivity contribution in [1.29, 1.82) is 0 Å². The Balaban J connectivity index is 4.03. The quantitative estimate of drug-likeness (QED) is 0.468. The third kappa shape index (κ3) is 10.5.